The molecule has 0 aromatic carbocycles. The number of pyridine rings is 1. The van der Waals surface area contributed by atoms with Crippen LogP contribution in [0.2, 0.25) is 0 Å². The molecule has 0 radical (unpaired) electrons. The predicted molar refractivity (Wildman–Crippen MR) is 76.7 cm³/mol. The first kappa shape index (κ1) is 14.0. The average Bonchev–Trinajstić information content (AvgIpc) is 2.93. The van der Waals surface area contributed by atoms with Gasteiger partial charge in [0, 0.05) is 25.1 Å². The van der Waals surface area contributed by atoms with Gasteiger partial charge >= 0.3 is 0 Å². The Labute approximate surface area is 122 Å². The van der Waals surface area contributed by atoms with Crippen LogP contribution in [0, 0.1) is 5.92 Å². The van der Waals surface area contributed by atoms with E-state index in [1.807, 2.05) is 28.8 Å². The number of nitrogens with two attached hydrogens (primary N) is 1. The highest BCUT2D eigenvalue weighted by Gasteiger charge is 2.32. The topological polar surface area (TPSA) is 97.8 Å². The van der Waals surface area contributed by atoms with Crippen molar-refractivity contribution in [3.05, 3.63) is 36.3 Å². The number of likely N-dealkylation sites (tertiary alicyclic amines) is 1. The van der Waals surface area contributed by atoms with Gasteiger partial charge in [0.25, 0.3) is 0 Å². The number of carbonyl (C=O) groups excluding carboxylic acids is 1. The smallest absolute Gasteiger partial charge is 0.223 e. The third-order valence-corrected chi connectivity index (χ3v) is 4.55. The zero-order valence-corrected chi connectivity index (χ0v) is 12.2. The summed E-state index contributed by atoms with van der Waals surface area (Å²) in [4.78, 5) is 17.9. The van der Waals surface area contributed by atoms with Crippen LogP contribution in [-0.4, -0.2) is 40.9 Å². The van der Waals surface area contributed by atoms with E-state index in [-0.39, 0.29) is 24.0 Å². The highest BCUT2D eigenvalue weighted by atomic mass is 32.2. The Morgan fingerprint density at radius 2 is 2.19 bits per heavy atom. The first-order chi connectivity index (χ1) is 9.92. The Balaban J connectivity index is 1.75. The van der Waals surface area contributed by atoms with Gasteiger partial charge in [-0.15, -0.1) is 0 Å². The lowest BCUT2D eigenvalue weighted by molar-refractivity contribution is -0.128. The van der Waals surface area contributed by atoms with Crippen LogP contribution in [0.15, 0.2) is 30.6 Å². The summed E-state index contributed by atoms with van der Waals surface area (Å²) in [6, 6.07) is 5.68. The van der Waals surface area contributed by atoms with Crippen LogP contribution in [0.3, 0.4) is 0 Å². The van der Waals surface area contributed by atoms with Gasteiger partial charge in [-0.3, -0.25) is 4.79 Å². The summed E-state index contributed by atoms with van der Waals surface area (Å²) in [7, 11) is -3.55. The van der Waals surface area contributed by atoms with Gasteiger partial charge in [-0.05, 0) is 12.1 Å². The number of amides is 1. The van der Waals surface area contributed by atoms with Gasteiger partial charge in [-0.2, -0.15) is 0 Å². The van der Waals surface area contributed by atoms with Crippen LogP contribution in [0.5, 0.6) is 0 Å². The van der Waals surface area contributed by atoms with Gasteiger partial charge in [0.2, 0.25) is 15.9 Å². The van der Waals surface area contributed by atoms with E-state index in [4.69, 9.17) is 5.14 Å². The molecule has 2 aromatic rings. The van der Waals surface area contributed by atoms with E-state index in [0.29, 0.717) is 13.1 Å². The van der Waals surface area contributed by atoms with Gasteiger partial charge in [0.15, 0.2) is 0 Å². The van der Waals surface area contributed by atoms with Crippen molar-refractivity contribution in [3.63, 3.8) is 0 Å². The molecule has 0 saturated carbocycles. The minimum atomic E-state index is -3.55. The predicted octanol–water partition coefficient (Wildman–Crippen LogP) is -0.0287. The van der Waals surface area contributed by atoms with E-state index >= 15 is 0 Å². The standard InChI is InChI=1S/C13H16N4O3S/c14-21(19,20)9-10-5-13(18)16(7-10)8-11-6-15-12-3-1-2-4-17(11)12/h1-4,6,10H,5,7-9H2,(H2,14,19,20). The first-order valence-corrected chi connectivity index (χ1v) is 8.33. The van der Waals surface area contributed by atoms with E-state index < -0.39 is 10.0 Å². The van der Waals surface area contributed by atoms with Gasteiger partial charge in [0.1, 0.15) is 5.65 Å². The highest BCUT2D eigenvalue weighted by Crippen LogP contribution is 2.21. The molecule has 1 aliphatic rings. The number of hydrogen-bond acceptors (Lipinski definition) is 4. The quantitative estimate of drug-likeness (QED) is 0.857. The summed E-state index contributed by atoms with van der Waals surface area (Å²) < 4.78 is 24.2. The molecule has 3 heterocycles. The number of nitrogens with zero attached hydrogens (tertiary/aromatic N) is 3. The van der Waals surface area contributed by atoms with Crippen LogP contribution in [-0.2, 0) is 21.4 Å². The van der Waals surface area contributed by atoms with Crippen molar-refractivity contribution in [1.29, 1.82) is 0 Å². The maximum atomic E-state index is 12.0. The number of primary sulfonamides is 1. The molecule has 3 rings (SSSR count). The molecule has 112 valence electrons. The third-order valence-electron chi connectivity index (χ3n) is 3.61. The minimum Gasteiger partial charge on any atom is -0.336 e. The molecule has 1 saturated heterocycles. The monoisotopic (exact) mass is 308 g/mol. The van der Waals surface area contributed by atoms with E-state index in [2.05, 4.69) is 4.98 Å². The Kier molecular flexibility index (Phi) is 3.42. The van der Waals surface area contributed by atoms with Gasteiger partial charge in [-0.1, -0.05) is 6.07 Å². The molecule has 1 atom stereocenters. The second kappa shape index (κ2) is 5.12. The van der Waals surface area contributed by atoms with E-state index in [1.165, 1.54) is 0 Å². The number of sulfonamides is 1. The summed E-state index contributed by atoms with van der Waals surface area (Å²) >= 11 is 0. The molecule has 1 amide bonds. The molecular weight excluding hydrogens is 292 g/mol. The molecular formula is C13H16N4O3S. The van der Waals surface area contributed by atoms with Gasteiger partial charge in [0.05, 0.1) is 24.2 Å². The average molecular weight is 308 g/mol. The lowest BCUT2D eigenvalue weighted by atomic mass is 10.1. The van der Waals surface area contributed by atoms with Crippen LogP contribution in [0.25, 0.3) is 5.65 Å². The summed E-state index contributed by atoms with van der Waals surface area (Å²) in [6.07, 6.45) is 3.85. The fraction of sp³-hybridized carbons (Fsp3) is 0.385. The lowest BCUT2D eigenvalue weighted by Crippen LogP contribution is -2.27. The number of carbonyl (C=O) groups is 1. The zero-order chi connectivity index (χ0) is 15.0. The van der Waals surface area contributed by atoms with Crippen molar-refractivity contribution in [2.75, 3.05) is 12.3 Å². The normalized spacial score (nSPS) is 19.6. The maximum absolute atomic E-state index is 12.0. The van der Waals surface area contributed by atoms with Crippen LogP contribution in [0.1, 0.15) is 12.1 Å². The fourth-order valence-corrected chi connectivity index (χ4v) is 3.62. The van der Waals surface area contributed by atoms with E-state index in [9.17, 15) is 13.2 Å². The zero-order valence-electron chi connectivity index (χ0n) is 11.3. The lowest BCUT2D eigenvalue weighted by Gasteiger charge is -2.16. The number of aromatic nitrogens is 2. The molecule has 1 fully saturated rings. The number of imidazole rings is 1. The highest BCUT2D eigenvalue weighted by molar-refractivity contribution is 7.89. The van der Waals surface area contributed by atoms with E-state index in [1.54, 1.807) is 11.1 Å². The third kappa shape index (κ3) is 3.06. The number of fused-ring (bicyclic) bond motifs is 1. The van der Waals surface area contributed by atoms with Crippen LogP contribution in [0.4, 0.5) is 0 Å². The van der Waals surface area contributed by atoms with Crippen molar-refractivity contribution in [2.45, 2.75) is 13.0 Å². The molecule has 8 heteroatoms. The second-order valence-corrected chi connectivity index (χ2v) is 7.01. The van der Waals surface area contributed by atoms with E-state index in [0.717, 1.165) is 11.3 Å². The van der Waals surface area contributed by atoms with Crippen molar-refractivity contribution >= 4 is 21.6 Å². The second-order valence-electron chi connectivity index (χ2n) is 5.35. The first-order valence-electron chi connectivity index (χ1n) is 6.61. The molecule has 2 aromatic heterocycles. The van der Waals surface area contributed by atoms with Crippen LogP contribution < -0.4 is 5.14 Å². The van der Waals surface area contributed by atoms with Crippen molar-refractivity contribution in [3.8, 4) is 0 Å². The Morgan fingerprint density at radius 3 is 2.95 bits per heavy atom. The molecule has 0 spiro atoms. The molecule has 0 bridgehead atoms. The summed E-state index contributed by atoms with van der Waals surface area (Å²) in [5, 5.41) is 5.04. The summed E-state index contributed by atoms with van der Waals surface area (Å²) in [6.45, 7) is 0.834. The largest absolute Gasteiger partial charge is 0.336 e. The Hall–Kier alpha value is -1.93. The Bertz CT molecular complexity index is 784. The Morgan fingerprint density at radius 1 is 1.38 bits per heavy atom. The molecule has 21 heavy (non-hydrogen) atoms. The number of rotatable bonds is 4. The molecule has 7 nitrogen and oxygen atoms in total. The molecule has 1 aliphatic heterocycles. The van der Waals surface area contributed by atoms with Crippen LogP contribution >= 0.6 is 0 Å². The molecule has 1 unspecified atom stereocenters. The summed E-state index contributed by atoms with van der Waals surface area (Å²) in [5.74, 6) is -0.427. The fourth-order valence-electron chi connectivity index (χ4n) is 2.74. The SMILES string of the molecule is NS(=O)(=O)CC1CC(=O)N(Cc2cnc3ccccn23)C1. The molecule has 0 aliphatic carbocycles. The molecule has 2 N–H and O–H groups in total. The van der Waals surface area contributed by atoms with Gasteiger partial charge < -0.3 is 9.30 Å². The minimum absolute atomic E-state index is 0.0467. The van der Waals surface area contributed by atoms with Gasteiger partial charge in [-0.25, -0.2) is 18.5 Å². The van der Waals surface area contributed by atoms with Crippen molar-refractivity contribution in [1.82, 2.24) is 14.3 Å². The van der Waals surface area contributed by atoms with Crippen molar-refractivity contribution in [2.24, 2.45) is 11.1 Å². The van der Waals surface area contributed by atoms with Crippen molar-refractivity contribution < 1.29 is 13.2 Å². The summed E-state index contributed by atoms with van der Waals surface area (Å²) in [5.41, 5.74) is 1.72. The number of hydrogen-bond donors (Lipinski definition) is 1. The maximum Gasteiger partial charge on any atom is 0.223 e.